The van der Waals surface area contributed by atoms with Crippen LogP contribution in [0.15, 0.2) is 103 Å². The van der Waals surface area contributed by atoms with Crippen LogP contribution < -0.4 is 9.44 Å². The van der Waals surface area contributed by atoms with Crippen molar-refractivity contribution < 1.29 is 25.3 Å². The van der Waals surface area contributed by atoms with Crippen LogP contribution in [0.1, 0.15) is 9.75 Å². The Hall–Kier alpha value is -2.39. The highest BCUT2D eigenvalue weighted by molar-refractivity contribution is 7.92. The molecule has 13 heteroatoms. The quantitative estimate of drug-likeness (QED) is 0.301. The van der Waals surface area contributed by atoms with Crippen molar-refractivity contribution in [2.75, 3.05) is 0 Å². The summed E-state index contributed by atoms with van der Waals surface area (Å²) in [5.41, 5.74) is 0. The lowest BCUT2D eigenvalue weighted by Gasteiger charge is -2.10. The van der Waals surface area contributed by atoms with Gasteiger partial charge in [0.05, 0.1) is 19.6 Å². The van der Waals surface area contributed by atoms with E-state index in [-0.39, 0.29) is 32.7 Å². The average molecular weight is 569 g/mol. The van der Waals surface area contributed by atoms with E-state index in [4.69, 9.17) is 0 Å². The summed E-state index contributed by atoms with van der Waals surface area (Å²) < 4.78 is 82.3. The molecule has 35 heavy (non-hydrogen) atoms. The first-order valence-corrected chi connectivity index (χ1v) is 16.3. The molecular formula is C22H20N2O6S5. The summed E-state index contributed by atoms with van der Waals surface area (Å²) in [6, 6.07) is 17.1. The summed E-state index contributed by atoms with van der Waals surface area (Å²) in [6.07, 6.45) is 0. The van der Waals surface area contributed by atoms with Gasteiger partial charge in [-0.25, -0.2) is 34.7 Å². The van der Waals surface area contributed by atoms with E-state index < -0.39 is 29.9 Å². The maximum atomic E-state index is 13.3. The van der Waals surface area contributed by atoms with Crippen LogP contribution in [0.4, 0.5) is 0 Å². The number of hydrogen-bond donors (Lipinski definition) is 2. The highest BCUT2D eigenvalue weighted by atomic mass is 32.2. The summed E-state index contributed by atoms with van der Waals surface area (Å²) in [7, 11) is -12.1. The van der Waals surface area contributed by atoms with Crippen LogP contribution in [0, 0.1) is 0 Å². The molecule has 0 amide bonds. The zero-order valence-electron chi connectivity index (χ0n) is 18.0. The van der Waals surface area contributed by atoms with Gasteiger partial charge in [0.1, 0.15) is 0 Å². The first kappa shape index (κ1) is 25.7. The van der Waals surface area contributed by atoms with Crippen molar-refractivity contribution in [2.24, 2.45) is 0 Å². The van der Waals surface area contributed by atoms with Crippen molar-refractivity contribution in [1.82, 2.24) is 9.44 Å². The molecule has 0 unspecified atom stereocenters. The van der Waals surface area contributed by atoms with Gasteiger partial charge in [0.2, 0.25) is 29.9 Å². The molecule has 0 radical (unpaired) electrons. The Balaban J connectivity index is 1.59. The SMILES string of the molecule is O=S(=O)(NCc1cccs1)c1cccc(S(=O)(=O)c2cccc(S(=O)(=O)NCc3cccs3)c2)c1. The van der Waals surface area contributed by atoms with Crippen molar-refractivity contribution in [2.45, 2.75) is 32.7 Å². The van der Waals surface area contributed by atoms with Gasteiger partial charge in [-0.2, -0.15) is 0 Å². The monoisotopic (exact) mass is 568 g/mol. The summed E-state index contributed by atoms with van der Waals surface area (Å²) in [6.45, 7) is 0.157. The molecule has 0 atom stereocenters. The molecule has 184 valence electrons. The third-order valence-electron chi connectivity index (χ3n) is 4.89. The maximum Gasteiger partial charge on any atom is 0.240 e. The van der Waals surface area contributed by atoms with Crippen LogP contribution in [0.25, 0.3) is 0 Å². The van der Waals surface area contributed by atoms with E-state index in [2.05, 4.69) is 9.44 Å². The second kappa shape index (κ2) is 10.3. The van der Waals surface area contributed by atoms with Gasteiger partial charge >= 0.3 is 0 Å². The van der Waals surface area contributed by atoms with E-state index in [1.165, 1.54) is 59.1 Å². The van der Waals surface area contributed by atoms with Gasteiger partial charge in [-0.15, -0.1) is 22.7 Å². The Morgan fingerprint density at radius 3 is 1.31 bits per heavy atom. The van der Waals surface area contributed by atoms with E-state index >= 15 is 0 Å². The third-order valence-corrected chi connectivity index (χ3v) is 11.2. The van der Waals surface area contributed by atoms with E-state index in [1.54, 1.807) is 24.3 Å². The second-order valence-electron chi connectivity index (χ2n) is 7.26. The van der Waals surface area contributed by atoms with Crippen molar-refractivity contribution in [3.8, 4) is 0 Å². The highest BCUT2D eigenvalue weighted by Gasteiger charge is 2.24. The summed E-state index contributed by atoms with van der Waals surface area (Å²) in [5.74, 6) is 0. The van der Waals surface area contributed by atoms with Crippen molar-refractivity contribution in [1.29, 1.82) is 0 Å². The molecule has 0 aliphatic rings. The molecule has 2 N–H and O–H groups in total. The Bertz CT molecular complexity index is 1510. The number of thiophene rings is 2. The molecule has 0 bridgehead atoms. The minimum absolute atomic E-state index is 0.0787. The van der Waals surface area contributed by atoms with Gasteiger partial charge in [0.25, 0.3) is 0 Å². The maximum absolute atomic E-state index is 13.3. The topological polar surface area (TPSA) is 126 Å². The molecule has 4 rings (SSSR count). The Labute approximate surface area is 212 Å². The lowest BCUT2D eigenvalue weighted by Crippen LogP contribution is -2.23. The number of benzene rings is 2. The predicted octanol–water partition coefficient (Wildman–Crippen LogP) is 3.60. The van der Waals surface area contributed by atoms with Crippen molar-refractivity contribution >= 4 is 52.6 Å². The molecule has 0 saturated heterocycles. The minimum Gasteiger partial charge on any atom is -0.219 e. The molecule has 0 fully saturated rings. The molecule has 0 spiro atoms. The molecular weight excluding hydrogens is 549 g/mol. The molecule has 0 aliphatic heterocycles. The Morgan fingerprint density at radius 2 is 0.943 bits per heavy atom. The first-order valence-electron chi connectivity index (χ1n) is 10.1. The standard InChI is InChI=1S/C22H20N2O6S5/c25-33(26,19-7-1-9-21(13-19)34(27,28)23-15-17-5-3-11-31-17)20-8-2-10-22(14-20)35(29,30)24-16-18-6-4-12-32-18/h1-14,23-24H,15-16H2. The molecule has 2 aromatic heterocycles. The molecule has 8 nitrogen and oxygen atoms in total. The minimum atomic E-state index is -4.20. The van der Waals surface area contributed by atoms with Gasteiger partial charge in [-0.05, 0) is 59.3 Å². The lowest BCUT2D eigenvalue weighted by molar-refractivity contribution is 0.580. The molecule has 0 saturated carbocycles. The zero-order valence-corrected chi connectivity index (χ0v) is 22.1. The van der Waals surface area contributed by atoms with Crippen molar-refractivity contribution in [3.63, 3.8) is 0 Å². The summed E-state index contributed by atoms with van der Waals surface area (Å²) in [4.78, 5) is 0.661. The fourth-order valence-electron chi connectivity index (χ4n) is 3.08. The highest BCUT2D eigenvalue weighted by Crippen LogP contribution is 2.25. The fourth-order valence-corrected chi connectivity index (χ4v) is 8.16. The number of sulfone groups is 1. The van der Waals surface area contributed by atoms with Gasteiger partial charge in [0.15, 0.2) is 0 Å². The van der Waals surface area contributed by atoms with Crippen LogP contribution in [-0.2, 0) is 43.0 Å². The molecule has 2 aromatic carbocycles. The first-order chi connectivity index (χ1) is 16.6. The van der Waals surface area contributed by atoms with Crippen LogP contribution >= 0.6 is 22.7 Å². The molecule has 0 aliphatic carbocycles. The van der Waals surface area contributed by atoms with E-state index in [1.807, 2.05) is 10.8 Å². The lowest BCUT2D eigenvalue weighted by atomic mass is 10.4. The summed E-state index contributed by atoms with van der Waals surface area (Å²) in [5, 5.41) is 3.64. The van der Waals surface area contributed by atoms with Gasteiger partial charge < -0.3 is 0 Å². The Morgan fingerprint density at radius 1 is 0.543 bits per heavy atom. The Kier molecular flexibility index (Phi) is 7.57. The van der Waals surface area contributed by atoms with Crippen LogP contribution in [0.5, 0.6) is 0 Å². The van der Waals surface area contributed by atoms with Crippen molar-refractivity contribution in [3.05, 3.63) is 93.3 Å². The van der Waals surface area contributed by atoms with Crippen LogP contribution in [0.3, 0.4) is 0 Å². The number of nitrogens with one attached hydrogen (secondary N) is 2. The van der Waals surface area contributed by atoms with E-state index in [0.717, 1.165) is 21.9 Å². The smallest absolute Gasteiger partial charge is 0.219 e. The van der Waals surface area contributed by atoms with E-state index in [9.17, 15) is 25.3 Å². The second-order valence-corrected chi connectivity index (χ2v) is 14.8. The fraction of sp³-hybridized carbons (Fsp3) is 0.0909. The summed E-state index contributed by atoms with van der Waals surface area (Å²) >= 11 is 2.79. The predicted molar refractivity (Wildman–Crippen MR) is 135 cm³/mol. The largest absolute Gasteiger partial charge is 0.240 e. The number of hydrogen-bond acceptors (Lipinski definition) is 8. The van der Waals surface area contributed by atoms with Crippen LogP contribution in [0.2, 0.25) is 0 Å². The van der Waals surface area contributed by atoms with Gasteiger partial charge in [-0.1, -0.05) is 24.3 Å². The number of sulfonamides is 2. The third kappa shape index (κ3) is 6.06. The van der Waals surface area contributed by atoms with Gasteiger partial charge in [0, 0.05) is 22.8 Å². The molecule has 2 heterocycles. The zero-order chi connectivity index (χ0) is 25.1. The number of rotatable bonds is 10. The van der Waals surface area contributed by atoms with Crippen LogP contribution in [-0.4, -0.2) is 25.3 Å². The average Bonchev–Trinajstić information content (AvgIpc) is 3.56. The van der Waals surface area contributed by atoms with E-state index in [0.29, 0.717) is 0 Å². The molecule has 4 aromatic rings. The van der Waals surface area contributed by atoms with Gasteiger partial charge in [-0.3, -0.25) is 0 Å². The normalized spacial score (nSPS) is 12.6.